The Morgan fingerprint density at radius 2 is 1.97 bits per heavy atom. The first-order chi connectivity index (χ1) is 16.0. The van der Waals surface area contributed by atoms with Gasteiger partial charge < -0.3 is 19.7 Å². The highest BCUT2D eigenvalue weighted by atomic mass is 16.5. The standard InChI is InChI=1S/C28H40N2O3/c1-5-30(6-2)18-10-12-22(3)29-27(31)28(17-11-19-33-28)21-23-13-9-14-24(20-23)25-15-7-8-16-26(25)32-4/h7-9,13-16,20,22H,5-6,10-12,17-19,21H2,1-4H3,(H,29,31)/t22-,28-/m1/s1. The summed E-state index contributed by atoms with van der Waals surface area (Å²) in [6.45, 7) is 10.3. The predicted molar refractivity (Wildman–Crippen MR) is 135 cm³/mol. The van der Waals surface area contributed by atoms with Gasteiger partial charge in [0.15, 0.2) is 5.60 Å². The lowest BCUT2D eigenvalue weighted by molar-refractivity contribution is -0.142. The summed E-state index contributed by atoms with van der Waals surface area (Å²) in [4.78, 5) is 15.8. The zero-order valence-corrected chi connectivity index (χ0v) is 20.7. The molecule has 1 heterocycles. The number of rotatable bonds is 12. The Hall–Kier alpha value is -2.37. The Bertz CT molecular complexity index is 888. The fraction of sp³-hybridized carbons (Fsp3) is 0.536. The van der Waals surface area contributed by atoms with Gasteiger partial charge in [-0.15, -0.1) is 0 Å². The number of ether oxygens (including phenoxy) is 2. The van der Waals surface area contributed by atoms with Crippen molar-refractivity contribution in [2.75, 3.05) is 33.4 Å². The number of benzene rings is 2. The molecule has 0 aliphatic carbocycles. The van der Waals surface area contributed by atoms with Gasteiger partial charge in [-0.25, -0.2) is 0 Å². The third-order valence-corrected chi connectivity index (χ3v) is 6.74. The number of hydrogen-bond acceptors (Lipinski definition) is 4. The lowest BCUT2D eigenvalue weighted by Gasteiger charge is -2.29. The van der Waals surface area contributed by atoms with Crippen LogP contribution in [0.25, 0.3) is 11.1 Å². The van der Waals surface area contributed by atoms with Crippen molar-refractivity contribution >= 4 is 5.91 Å². The van der Waals surface area contributed by atoms with E-state index in [2.05, 4.69) is 55.3 Å². The quantitative estimate of drug-likeness (QED) is 0.488. The van der Waals surface area contributed by atoms with E-state index in [1.807, 2.05) is 24.3 Å². The SMILES string of the molecule is CCN(CC)CCC[C@@H](C)NC(=O)[C@]1(Cc2cccc(-c3ccccc3OC)c2)CCCO1. The highest BCUT2D eigenvalue weighted by Crippen LogP contribution is 2.34. The van der Waals surface area contributed by atoms with Gasteiger partial charge in [-0.3, -0.25) is 4.79 Å². The molecule has 0 aromatic heterocycles. The molecule has 2 atom stereocenters. The molecule has 1 saturated heterocycles. The van der Waals surface area contributed by atoms with Crippen molar-refractivity contribution in [1.29, 1.82) is 0 Å². The minimum Gasteiger partial charge on any atom is -0.496 e. The third-order valence-electron chi connectivity index (χ3n) is 6.74. The molecular weight excluding hydrogens is 412 g/mol. The molecule has 180 valence electrons. The fourth-order valence-electron chi connectivity index (χ4n) is 4.75. The maximum Gasteiger partial charge on any atom is 0.252 e. The first kappa shape index (κ1) is 25.3. The van der Waals surface area contributed by atoms with E-state index in [1.54, 1.807) is 7.11 Å². The molecule has 1 fully saturated rings. The smallest absolute Gasteiger partial charge is 0.252 e. The number of nitrogens with zero attached hydrogens (tertiary/aromatic N) is 1. The maximum absolute atomic E-state index is 13.4. The average molecular weight is 453 g/mol. The van der Waals surface area contributed by atoms with Crippen molar-refractivity contribution < 1.29 is 14.3 Å². The van der Waals surface area contributed by atoms with Crippen LogP contribution in [0, 0.1) is 0 Å². The summed E-state index contributed by atoms with van der Waals surface area (Å²) in [6, 6.07) is 16.5. The molecule has 1 amide bonds. The van der Waals surface area contributed by atoms with Gasteiger partial charge in [0, 0.05) is 24.6 Å². The largest absolute Gasteiger partial charge is 0.496 e. The first-order valence-corrected chi connectivity index (χ1v) is 12.4. The minimum absolute atomic E-state index is 0.0260. The van der Waals surface area contributed by atoms with E-state index in [0.717, 1.165) is 67.8 Å². The zero-order chi connectivity index (χ0) is 23.7. The lowest BCUT2D eigenvalue weighted by atomic mass is 9.89. The van der Waals surface area contributed by atoms with Crippen LogP contribution in [0.2, 0.25) is 0 Å². The Balaban J connectivity index is 1.68. The molecule has 0 bridgehead atoms. The van der Waals surface area contributed by atoms with Crippen molar-refractivity contribution in [1.82, 2.24) is 10.2 Å². The maximum atomic E-state index is 13.4. The first-order valence-electron chi connectivity index (χ1n) is 12.4. The van der Waals surface area contributed by atoms with Crippen LogP contribution in [0.15, 0.2) is 48.5 Å². The molecule has 2 aromatic rings. The summed E-state index contributed by atoms with van der Waals surface area (Å²) in [5.74, 6) is 0.871. The Morgan fingerprint density at radius 1 is 1.18 bits per heavy atom. The van der Waals surface area contributed by atoms with Crippen molar-refractivity contribution in [3.05, 3.63) is 54.1 Å². The number of para-hydroxylation sites is 1. The van der Waals surface area contributed by atoms with Crippen LogP contribution in [-0.2, 0) is 16.0 Å². The molecule has 1 aliphatic heterocycles. The predicted octanol–water partition coefficient (Wildman–Crippen LogP) is 5.08. The molecule has 0 saturated carbocycles. The molecule has 0 unspecified atom stereocenters. The molecule has 5 nitrogen and oxygen atoms in total. The molecule has 0 radical (unpaired) electrons. The van der Waals surface area contributed by atoms with Crippen LogP contribution in [0.3, 0.4) is 0 Å². The number of hydrogen-bond donors (Lipinski definition) is 1. The van der Waals surface area contributed by atoms with Crippen LogP contribution in [0.5, 0.6) is 5.75 Å². The van der Waals surface area contributed by atoms with Gasteiger partial charge in [0.1, 0.15) is 5.75 Å². The molecule has 5 heteroatoms. The lowest BCUT2D eigenvalue weighted by Crippen LogP contribution is -2.50. The van der Waals surface area contributed by atoms with Crippen molar-refractivity contribution in [2.45, 2.75) is 64.5 Å². The van der Waals surface area contributed by atoms with E-state index in [-0.39, 0.29) is 11.9 Å². The second-order valence-corrected chi connectivity index (χ2v) is 9.07. The van der Waals surface area contributed by atoms with E-state index < -0.39 is 5.60 Å². The normalized spacial score (nSPS) is 18.9. The third kappa shape index (κ3) is 6.58. The van der Waals surface area contributed by atoms with E-state index in [4.69, 9.17) is 9.47 Å². The van der Waals surface area contributed by atoms with Crippen molar-refractivity contribution in [3.63, 3.8) is 0 Å². The number of methoxy groups -OCH3 is 1. The molecular formula is C28H40N2O3. The summed E-state index contributed by atoms with van der Waals surface area (Å²) < 4.78 is 11.7. The fourth-order valence-corrected chi connectivity index (χ4v) is 4.75. The number of nitrogens with one attached hydrogen (secondary N) is 1. The zero-order valence-electron chi connectivity index (χ0n) is 20.7. The topological polar surface area (TPSA) is 50.8 Å². The number of amides is 1. The summed E-state index contributed by atoms with van der Waals surface area (Å²) in [6.07, 6.45) is 4.30. The van der Waals surface area contributed by atoms with Crippen LogP contribution >= 0.6 is 0 Å². The molecule has 1 aliphatic rings. The van der Waals surface area contributed by atoms with Gasteiger partial charge in [-0.1, -0.05) is 56.3 Å². The van der Waals surface area contributed by atoms with Crippen LogP contribution in [0.1, 0.15) is 52.0 Å². The van der Waals surface area contributed by atoms with E-state index in [1.165, 1.54) is 0 Å². The second kappa shape index (κ2) is 12.2. The Kier molecular flexibility index (Phi) is 9.33. The summed E-state index contributed by atoms with van der Waals surface area (Å²) >= 11 is 0. The van der Waals surface area contributed by atoms with Gasteiger partial charge in [-0.05, 0) is 69.4 Å². The minimum atomic E-state index is -0.785. The number of carbonyl (C=O) groups is 1. The van der Waals surface area contributed by atoms with Crippen LogP contribution in [-0.4, -0.2) is 55.8 Å². The van der Waals surface area contributed by atoms with Crippen molar-refractivity contribution in [2.24, 2.45) is 0 Å². The van der Waals surface area contributed by atoms with Crippen LogP contribution in [0.4, 0.5) is 0 Å². The summed E-state index contributed by atoms with van der Waals surface area (Å²) in [5, 5.41) is 3.25. The highest BCUT2D eigenvalue weighted by molar-refractivity contribution is 5.86. The monoisotopic (exact) mass is 452 g/mol. The van der Waals surface area contributed by atoms with Crippen LogP contribution < -0.4 is 10.1 Å². The molecule has 1 N–H and O–H groups in total. The highest BCUT2D eigenvalue weighted by Gasteiger charge is 2.43. The summed E-state index contributed by atoms with van der Waals surface area (Å²) in [5.41, 5.74) is 2.45. The van der Waals surface area contributed by atoms with Gasteiger partial charge in [-0.2, -0.15) is 0 Å². The van der Waals surface area contributed by atoms with Gasteiger partial charge in [0.05, 0.1) is 7.11 Å². The molecule has 33 heavy (non-hydrogen) atoms. The van der Waals surface area contributed by atoms with E-state index in [0.29, 0.717) is 13.0 Å². The Labute approximate surface area is 199 Å². The van der Waals surface area contributed by atoms with E-state index >= 15 is 0 Å². The summed E-state index contributed by atoms with van der Waals surface area (Å²) in [7, 11) is 1.69. The van der Waals surface area contributed by atoms with Gasteiger partial charge in [0.2, 0.25) is 0 Å². The molecule has 0 spiro atoms. The van der Waals surface area contributed by atoms with Crippen molar-refractivity contribution in [3.8, 4) is 16.9 Å². The molecule has 2 aromatic carbocycles. The molecule has 3 rings (SSSR count). The Morgan fingerprint density at radius 3 is 2.67 bits per heavy atom. The van der Waals surface area contributed by atoms with Gasteiger partial charge >= 0.3 is 0 Å². The number of carbonyl (C=O) groups excluding carboxylic acids is 1. The average Bonchev–Trinajstić information content (AvgIpc) is 3.31. The second-order valence-electron chi connectivity index (χ2n) is 9.07. The van der Waals surface area contributed by atoms with Gasteiger partial charge in [0.25, 0.3) is 5.91 Å². The van der Waals surface area contributed by atoms with E-state index in [9.17, 15) is 4.79 Å².